The second-order valence-corrected chi connectivity index (χ2v) is 13.9. The Bertz CT molecular complexity index is 1430. The molecule has 3 heterocycles. The minimum absolute atomic E-state index is 0.0347. The molecule has 0 bridgehead atoms. The van der Waals surface area contributed by atoms with Crippen LogP contribution in [0.2, 0.25) is 0 Å². The van der Waals surface area contributed by atoms with Crippen LogP contribution in [-0.4, -0.2) is 52.0 Å². The molecule has 10 nitrogen and oxygen atoms in total. The number of anilines is 1. The standard InChI is InChI=1S/C28H36N4O6S2/c1-7-28(5,6)22-15-14-21(39-22)18-31(40(36,37)24-13-8-9-16-29-24)17-20-11-10-12-23(30-20)32(19-25(33)34)26(35)38-27(2,3)4/h8-16H,7,17-19H2,1-6H3,(H,33,34). The minimum atomic E-state index is -4.03. The molecular weight excluding hydrogens is 552 g/mol. The molecular formula is C28H36N4O6S2. The van der Waals surface area contributed by atoms with Crippen LogP contribution in [0.15, 0.2) is 59.8 Å². The van der Waals surface area contributed by atoms with Gasteiger partial charge in [0.05, 0.1) is 12.2 Å². The van der Waals surface area contributed by atoms with Gasteiger partial charge in [0, 0.05) is 22.5 Å². The van der Waals surface area contributed by atoms with Crippen molar-refractivity contribution in [2.75, 3.05) is 11.4 Å². The van der Waals surface area contributed by atoms with Gasteiger partial charge in [-0.2, -0.15) is 4.31 Å². The topological polar surface area (TPSA) is 130 Å². The van der Waals surface area contributed by atoms with E-state index in [1.165, 1.54) is 22.6 Å². The predicted molar refractivity (Wildman–Crippen MR) is 154 cm³/mol. The minimum Gasteiger partial charge on any atom is -0.480 e. The number of carboxylic acid groups (broad SMARTS) is 1. The largest absolute Gasteiger partial charge is 0.480 e. The highest BCUT2D eigenvalue weighted by Crippen LogP contribution is 2.34. The molecule has 0 aliphatic carbocycles. The van der Waals surface area contributed by atoms with Gasteiger partial charge in [0.2, 0.25) is 0 Å². The molecule has 0 radical (unpaired) electrons. The summed E-state index contributed by atoms with van der Waals surface area (Å²) >= 11 is 1.56. The van der Waals surface area contributed by atoms with E-state index in [2.05, 4.69) is 30.7 Å². The predicted octanol–water partition coefficient (Wildman–Crippen LogP) is 5.44. The fraction of sp³-hybridized carbons (Fsp3) is 0.429. The highest BCUT2D eigenvalue weighted by atomic mass is 32.2. The van der Waals surface area contributed by atoms with Crippen LogP contribution in [0.4, 0.5) is 10.6 Å². The Morgan fingerprint density at radius 2 is 1.73 bits per heavy atom. The summed E-state index contributed by atoms with van der Waals surface area (Å²) in [4.78, 5) is 35.8. The quantitative estimate of drug-likeness (QED) is 0.313. The van der Waals surface area contributed by atoms with Gasteiger partial charge in [0.15, 0.2) is 5.03 Å². The van der Waals surface area contributed by atoms with Crippen molar-refractivity contribution in [3.05, 3.63) is 70.2 Å². The maximum atomic E-state index is 13.7. The van der Waals surface area contributed by atoms with Crippen molar-refractivity contribution >= 4 is 39.2 Å². The zero-order valence-corrected chi connectivity index (χ0v) is 25.3. The molecule has 0 atom stereocenters. The van der Waals surface area contributed by atoms with E-state index >= 15 is 0 Å². The van der Waals surface area contributed by atoms with Crippen LogP contribution in [0.25, 0.3) is 0 Å². The third-order valence-corrected chi connectivity index (χ3v) is 9.24. The molecule has 216 valence electrons. The van der Waals surface area contributed by atoms with E-state index in [9.17, 15) is 23.1 Å². The van der Waals surface area contributed by atoms with E-state index in [0.29, 0.717) is 5.69 Å². The van der Waals surface area contributed by atoms with Gasteiger partial charge in [0.1, 0.15) is 18.0 Å². The summed E-state index contributed by atoms with van der Waals surface area (Å²) in [6.45, 7) is 10.7. The molecule has 0 aliphatic heterocycles. The number of nitrogens with zero attached hydrogens (tertiary/aromatic N) is 4. The monoisotopic (exact) mass is 588 g/mol. The smallest absolute Gasteiger partial charge is 0.416 e. The first kappa shape index (κ1) is 31.2. The van der Waals surface area contributed by atoms with Gasteiger partial charge in [-0.1, -0.05) is 32.9 Å². The van der Waals surface area contributed by atoms with Gasteiger partial charge in [-0.3, -0.25) is 9.69 Å². The van der Waals surface area contributed by atoms with Crippen molar-refractivity contribution < 1.29 is 27.9 Å². The third-order valence-electron chi connectivity index (χ3n) is 6.10. The highest BCUT2D eigenvalue weighted by Gasteiger charge is 2.30. The first-order valence-corrected chi connectivity index (χ1v) is 15.1. The number of carboxylic acids is 1. The number of aliphatic carboxylic acids is 1. The normalized spacial score (nSPS) is 12.4. The lowest BCUT2D eigenvalue weighted by Gasteiger charge is -2.26. The number of pyridine rings is 2. The Kier molecular flexibility index (Phi) is 9.70. The SMILES string of the molecule is CCC(C)(C)c1ccc(CN(Cc2cccc(N(CC(=O)O)C(=O)OC(C)(C)C)n2)S(=O)(=O)c2ccccn2)s1. The Balaban J connectivity index is 1.99. The maximum Gasteiger partial charge on any atom is 0.416 e. The zero-order valence-electron chi connectivity index (χ0n) is 23.6. The molecule has 1 amide bonds. The number of sulfonamides is 1. The Hall–Kier alpha value is -3.35. The second-order valence-electron chi connectivity index (χ2n) is 10.9. The molecule has 40 heavy (non-hydrogen) atoms. The zero-order chi connectivity index (χ0) is 29.7. The summed E-state index contributed by atoms with van der Waals surface area (Å²) in [5, 5.41) is 9.31. The van der Waals surface area contributed by atoms with Gasteiger partial charge in [-0.25, -0.2) is 23.2 Å². The average Bonchev–Trinajstić information content (AvgIpc) is 3.36. The second kappa shape index (κ2) is 12.4. The molecule has 3 rings (SSSR count). The third kappa shape index (κ3) is 8.09. The molecule has 0 saturated carbocycles. The summed E-state index contributed by atoms with van der Waals surface area (Å²) in [6.07, 6.45) is 1.48. The Labute approximate surface area is 239 Å². The number of ether oxygens (including phenoxy) is 1. The van der Waals surface area contributed by atoms with E-state index in [1.54, 1.807) is 56.4 Å². The lowest BCUT2D eigenvalue weighted by atomic mass is 9.89. The highest BCUT2D eigenvalue weighted by molar-refractivity contribution is 7.89. The van der Waals surface area contributed by atoms with E-state index < -0.39 is 34.2 Å². The number of hydrogen-bond acceptors (Lipinski definition) is 8. The van der Waals surface area contributed by atoms with Crippen LogP contribution in [0.3, 0.4) is 0 Å². The van der Waals surface area contributed by atoms with Crippen molar-refractivity contribution in [3.8, 4) is 0 Å². The molecule has 12 heteroatoms. The van der Waals surface area contributed by atoms with Gasteiger partial charge in [-0.15, -0.1) is 11.3 Å². The number of amides is 1. The fourth-order valence-corrected chi connectivity index (χ4v) is 6.21. The van der Waals surface area contributed by atoms with Crippen LogP contribution in [-0.2, 0) is 38.1 Å². The number of thiophene rings is 1. The van der Waals surface area contributed by atoms with Crippen LogP contribution in [0.5, 0.6) is 0 Å². The summed E-state index contributed by atoms with van der Waals surface area (Å²) in [5.74, 6) is -1.21. The number of rotatable bonds is 11. The number of carbonyl (C=O) groups is 2. The Morgan fingerprint density at radius 1 is 1.00 bits per heavy atom. The Morgan fingerprint density at radius 3 is 2.33 bits per heavy atom. The number of carbonyl (C=O) groups excluding carboxylic acids is 1. The number of aromatic nitrogens is 2. The molecule has 1 N–H and O–H groups in total. The molecule has 0 fully saturated rings. The van der Waals surface area contributed by atoms with E-state index in [4.69, 9.17) is 4.74 Å². The van der Waals surface area contributed by atoms with Crippen LogP contribution < -0.4 is 4.90 Å². The molecule has 0 unspecified atom stereocenters. The van der Waals surface area contributed by atoms with Crippen molar-refractivity contribution in [3.63, 3.8) is 0 Å². The van der Waals surface area contributed by atoms with Gasteiger partial charge in [-0.05, 0) is 69.0 Å². The van der Waals surface area contributed by atoms with E-state index in [0.717, 1.165) is 21.1 Å². The first-order valence-electron chi connectivity index (χ1n) is 12.8. The molecule has 3 aromatic rings. The molecule has 3 aromatic heterocycles. The van der Waals surface area contributed by atoms with E-state index in [1.807, 2.05) is 12.1 Å². The van der Waals surface area contributed by atoms with E-state index in [-0.39, 0.29) is 29.3 Å². The van der Waals surface area contributed by atoms with Crippen LogP contribution in [0.1, 0.15) is 63.4 Å². The first-order chi connectivity index (χ1) is 18.6. The van der Waals surface area contributed by atoms with Crippen molar-refractivity contribution in [2.45, 2.75) is 77.1 Å². The lowest BCUT2D eigenvalue weighted by Crippen LogP contribution is -2.40. The molecule has 0 spiro atoms. The average molecular weight is 589 g/mol. The summed E-state index contributed by atoms with van der Waals surface area (Å²) in [6, 6.07) is 13.3. The summed E-state index contributed by atoms with van der Waals surface area (Å²) in [5.41, 5.74) is -0.578. The lowest BCUT2D eigenvalue weighted by molar-refractivity contribution is -0.135. The van der Waals surface area contributed by atoms with Crippen LogP contribution in [0, 0.1) is 0 Å². The molecule has 0 aromatic carbocycles. The summed E-state index contributed by atoms with van der Waals surface area (Å²) < 4.78 is 34.1. The fourth-order valence-electron chi connectivity index (χ4n) is 3.61. The maximum absolute atomic E-state index is 13.7. The van der Waals surface area contributed by atoms with Crippen molar-refractivity contribution in [1.29, 1.82) is 0 Å². The van der Waals surface area contributed by atoms with Gasteiger partial charge >= 0.3 is 12.1 Å². The number of hydrogen-bond donors (Lipinski definition) is 1. The summed E-state index contributed by atoms with van der Waals surface area (Å²) in [7, 11) is -4.03. The van der Waals surface area contributed by atoms with Crippen LogP contribution >= 0.6 is 11.3 Å². The van der Waals surface area contributed by atoms with Crippen molar-refractivity contribution in [1.82, 2.24) is 14.3 Å². The van der Waals surface area contributed by atoms with Gasteiger partial charge in [0.25, 0.3) is 10.0 Å². The molecule has 0 aliphatic rings. The van der Waals surface area contributed by atoms with Gasteiger partial charge < -0.3 is 9.84 Å². The molecule has 0 saturated heterocycles. The van der Waals surface area contributed by atoms with Crippen molar-refractivity contribution in [2.24, 2.45) is 0 Å².